The Bertz CT molecular complexity index is 568. The highest BCUT2D eigenvalue weighted by molar-refractivity contribution is 5.92. The second-order valence-corrected chi connectivity index (χ2v) is 4.01. The van der Waals surface area contributed by atoms with Crippen molar-refractivity contribution in [1.82, 2.24) is 0 Å². The van der Waals surface area contributed by atoms with E-state index in [4.69, 9.17) is 10.5 Å². The summed E-state index contributed by atoms with van der Waals surface area (Å²) in [4.78, 5) is 11.7. The van der Waals surface area contributed by atoms with Crippen LogP contribution < -0.4 is 11.1 Å². The van der Waals surface area contributed by atoms with Crippen LogP contribution in [0.4, 0.5) is 17.1 Å². The Morgan fingerprint density at radius 2 is 1.95 bits per heavy atom. The second-order valence-electron chi connectivity index (χ2n) is 4.01. The largest absolute Gasteiger partial charge is 0.462 e. The standard InChI is InChI=1S/C15H16N2O2/c1-2-19-15(18)11-8-9-13(16)14(10-11)17-12-6-4-3-5-7-12/h3-10,17H,2,16H2,1H3. The first-order valence-electron chi connectivity index (χ1n) is 6.09. The molecule has 2 aromatic carbocycles. The van der Waals surface area contributed by atoms with Crippen molar-refractivity contribution in [2.75, 3.05) is 17.7 Å². The Balaban J connectivity index is 2.25. The van der Waals surface area contributed by atoms with Gasteiger partial charge in [-0.15, -0.1) is 0 Å². The first-order valence-corrected chi connectivity index (χ1v) is 6.09. The molecule has 98 valence electrons. The summed E-state index contributed by atoms with van der Waals surface area (Å²) < 4.78 is 4.97. The molecular weight excluding hydrogens is 240 g/mol. The van der Waals surface area contributed by atoms with Crippen molar-refractivity contribution in [2.45, 2.75) is 6.92 Å². The number of hydrogen-bond acceptors (Lipinski definition) is 4. The predicted molar refractivity (Wildman–Crippen MR) is 76.5 cm³/mol. The van der Waals surface area contributed by atoms with Gasteiger partial charge in [0.05, 0.1) is 23.5 Å². The van der Waals surface area contributed by atoms with E-state index in [-0.39, 0.29) is 5.97 Å². The molecule has 0 fully saturated rings. The maximum atomic E-state index is 11.7. The lowest BCUT2D eigenvalue weighted by Gasteiger charge is -2.11. The molecule has 0 saturated carbocycles. The van der Waals surface area contributed by atoms with Gasteiger partial charge in [-0.3, -0.25) is 0 Å². The number of nitrogen functional groups attached to an aromatic ring is 1. The molecule has 0 heterocycles. The molecule has 2 rings (SSSR count). The summed E-state index contributed by atoms with van der Waals surface area (Å²) in [5.74, 6) is -0.349. The van der Waals surface area contributed by atoms with Crippen molar-refractivity contribution in [3.8, 4) is 0 Å². The van der Waals surface area contributed by atoms with Crippen LogP contribution in [-0.2, 0) is 4.74 Å². The molecule has 0 aliphatic carbocycles. The number of carbonyl (C=O) groups is 1. The van der Waals surface area contributed by atoms with Gasteiger partial charge in [0.25, 0.3) is 0 Å². The molecule has 0 saturated heterocycles. The van der Waals surface area contributed by atoms with Gasteiger partial charge in [0.2, 0.25) is 0 Å². The van der Waals surface area contributed by atoms with Crippen LogP contribution in [0.5, 0.6) is 0 Å². The number of anilines is 3. The van der Waals surface area contributed by atoms with E-state index in [9.17, 15) is 4.79 Å². The lowest BCUT2D eigenvalue weighted by atomic mass is 10.1. The molecule has 0 radical (unpaired) electrons. The first-order chi connectivity index (χ1) is 9.20. The number of ether oxygens (including phenoxy) is 1. The van der Waals surface area contributed by atoms with E-state index >= 15 is 0 Å². The number of rotatable bonds is 4. The zero-order valence-electron chi connectivity index (χ0n) is 10.7. The van der Waals surface area contributed by atoms with Gasteiger partial charge in [-0.1, -0.05) is 18.2 Å². The SMILES string of the molecule is CCOC(=O)c1ccc(N)c(Nc2ccccc2)c1. The summed E-state index contributed by atoms with van der Waals surface area (Å²) in [5.41, 5.74) is 8.56. The van der Waals surface area contributed by atoms with Gasteiger partial charge in [-0.25, -0.2) is 4.79 Å². The molecule has 0 spiro atoms. The average Bonchev–Trinajstić information content (AvgIpc) is 2.42. The maximum Gasteiger partial charge on any atom is 0.338 e. The Morgan fingerprint density at radius 3 is 2.63 bits per heavy atom. The van der Waals surface area contributed by atoms with Crippen LogP contribution in [0.1, 0.15) is 17.3 Å². The number of para-hydroxylation sites is 1. The topological polar surface area (TPSA) is 64.3 Å². The van der Waals surface area contributed by atoms with Crippen LogP contribution in [0.3, 0.4) is 0 Å². The van der Waals surface area contributed by atoms with Crippen molar-refractivity contribution in [3.05, 3.63) is 54.1 Å². The third-order valence-electron chi connectivity index (χ3n) is 2.62. The van der Waals surface area contributed by atoms with Crippen LogP contribution in [0, 0.1) is 0 Å². The third-order valence-corrected chi connectivity index (χ3v) is 2.62. The smallest absolute Gasteiger partial charge is 0.338 e. The van der Waals surface area contributed by atoms with Crippen molar-refractivity contribution in [2.24, 2.45) is 0 Å². The normalized spacial score (nSPS) is 9.95. The maximum absolute atomic E-state index is 11.7. The fourth-order valence-electron chi connectivity index (χ4n) is 1.68. The average molecular weight is 256 g/mol. The van der Waals surface area contributed by atoms with E-state index < -0.39 is 0 Å². The van der Waals surface area contributed by atoms with Gasteiger partial charge in [-0.2, -0.15) is 0 Å². The fourth-order valence-corrected chi connectivity index (χ4v) is 1.68. The molecule has 2 aromatic rings. The van der Waals surface area contributed by atoms with Gasteiger partial charge < -0.3 is 15.8 Å². The first kappa shape index (κ1) is 13.0. The van der Waals surface area contributed by atoms with E-state index in [1.807, 2.05) is 30.3 Å². The molecule has 0 aliphatic heterocycles. The summed E-state index contributed by atoms with van der Waals surface area (Å²) in [6.07, 6.45) is 0. The zero-order valence-corrected chi connectivity index (χ0v) is 10.7. The molecule has 0 atom stereocenters. The molecule has 19 heavy (non-hydrogen) atoms. The van der Waals surface area contributed by atoms with Crippen molar-refractivity contribution >= 4 is 23.0 Å². The van der Waals surface area contributed by atoms with Crippen LogP contribution in [0.2, 0.25) is 0 Å². The summed E-state index contributed by atoms with van der Waals surface area (Å²) in [6, 6.07) is 14.7. The lowest BCUT2D eigenvalue weighted by molar-refractivity contribution is 0.0526. The zero-order chi connectivity index (χ0) is 13.7. The van der Waals surface area contributed by atoms with E-state index in [0.29, 0.717) is 23.5 Å². The molecule has 0 unspecified atom stereocenters. The predicted octanol–water partition coefficient (Wildman–Crippen LogP) is 3.19. The van der Waals surface area contributed by atoms with E-state index in [1.165, 1.54) is 0 Å². The molecule has 4 heteroatoms. The highest BCUT2D eigenvalue weighted by Gasteiger charge is 2.09. The highest BCUT2D eigenvalue weighted by Crippen LogP contribution is 2.24. The summed E-state index contributed by atoms with van der Waals surface area (Å²) in [6.45, 7) is 2.13. The number of nitrogens with one attached hydrogen (secondary N) is 1. The molecule has 0 bridgehead atoms. The minimum absolute atomic E-state index is 0.349. The van der Waals surface area contributed by atoms with E-state index in [0.717, 1.165) is 5.69 Å². The van der Waals surface area contributed by atoms with E-state index in [2.05, 4.69) is 5.32 Å². The number of hydrogen-bond donors (Lipinski definition) is 2. The highest BCUT2D eigenvalue weighted by atomic mass is 16.5. The van der Waals surface area contributed by atoms with Gasteiger partial charge in [-0.05, 0) is 37.3 Å². The molecule has 0 aromatic heterocycles. The molecule has 0 aliphatic rings. The number of esters is 1. The monoisotopic (exact) mass is 256 g/mol. The number of nitrogens with two attached hydrogens (primary N) is 1. The second kappa shape index (κ2) is 5.91. The Morgan fingerprint density at radius 1 is 1.21 bits per heavy atom. The number of benzene rings is 2. The van der Waals surface area contributed by atoms with Gasteiger partial charge >= 0.3 is 5.97 Å². The molecule has 0 amide bonds. The third kappa shape index (κ3) is 3.25. The van der Waals surface area contributed by atoms with Gasteiger partial charge in [0.1, 0.15) is 0 Å². The quantitative estimate of drug-likeness (QED) is 0.651. The fraction of sp³-hybridized carbons (Fsp3) is 0.133. The lowest BCUT2D eigenvalue weighted by Crippen LogP contribution is -2.06. The number of carbonyl (C=O) groups excluding carboxylic acids is 1. The summed E-state index contributed by atoms with van der Waals surface area (Å²) in [5, 5.41) is 3.18. The van der Waals surface area contributed by atoms with Crippen LogP contribution in [-0.4, -0.2) is 12.6 Å². The van der Waals surface area contributed by atoms with E-state index in [1.54, 1.807) is 25.1 Å². The van der Waals surface area contributed by atoms with Crippen molar-refractivity contribution < 1.29 is 9.53 Å². The van der Waals surface area contributed by atoms with Gasteiger partial charge in [0.15, 0.2) is 0 Å². The van der Waals surface area contributed by atoms with Crippen molar-refractivity contribution in [1.29, 1.82) is 0 Å². The summed E-state index contributed by atoms with van der Waals surface area (Å²) >= 11 is 0. The molecule has 3 N–H and O–H groups in total. The minimum atomic E-state index is -0.349. The van der Waals surface area contributed by atoms with Crippen LogP contribution in [0.15, 0.2) is 48.5 Å². The van der Waals surface area contributed by atoms with Gasteiger partial charge in [0, 0.05) is 5.69 Å². The minimum Gasteiger partial charge on any atom is -0.462 e. The molecule has 4 nitrogen and oxygen atoms in total. The molecular formula is C15H16N2O2. The Hall–Kier alpha value is -2.49. The van der Waals surface area contributed by atoms with Crippen molar-refractivity contribution in [3.63, 3.8) is 0 Å². The van der Waals surface area contributed by atoms with Crippen LogP contribution >= 0.6 is 0 Å². The Kier molecular flexibility index (Phi) is 4.03. The van der Waals surface area contributed by atoms with Crippen LogP contribution in [0.25, 0.3) is 0 Å². The Labute approximate surface area is 112 Å². The summed E-state index contributed by atoms with van der Waals surface area (Å²) in [7, 11) is 0.